The van der Waals surface area contributed by atoms with E-state index in [9.17, 15) is 15.3 Å². The molecule has 0 spiro atoms. The van der Waals surface area contributed by atoms with E-state index in [1.54, 1.807) is 13.2 Å². The van der Waals surface area contributed by atoms with Crippen LogP contribution in [-0.2, 0) is 6.42 Å². The maximum atomic E-state index is 12.6. The first-order valence-corrected chi connectivity index (χ1v) is 10.2. The minimum Gasteiger partial charge on any atom is -0.497 e. The number of ether oxygens (including phenoxy) is 2. The molecule has 0 aliphatic carbocycles. The number of carbonyl (C=O) groups is 1. The third-order valence-corrected chi connectivity index (χ3v) is 5.31. The van der Waals surface area contributed by atoms with Gasteiger partial charge in [-0.15, -0.1) is 0 Å². The third kappa shape index (κ3) is 4.39. The van der Waals surface area contributed by atoms with Gasteiger partial charge in [0.05, 0.1) is 25.3 Å². The van der Waals surface area contributed by atoms with Crippen LogP contribution in [0.4, 0.5) is 0 Å². The summed E-state index contributed by atoms with van der Waals surface area (Å²) in [7, 11) is 1.61. The standard InChI is InChI=1S/C24H25N3O3/c1-3-4-5-6-11-30-22-13-18-23(20(15-26)19(22)14-25)21(27-24(18)28)12-16-7-9-17(29-2)10-8-16/h7-10,13,21H,3-6,11-12H2,1-2H3,(H,27,28). The summed E-state index contributed by atoms with van der Waals surface area (Å²) >= 11 is 0. The van der Waals surface area contributed by atoms with Gasteiger partial charge in [-0.05, 0) is 36.6 Å². The van der Waals surface area contributed by atoms with Gasteiger partial charge in [-0.2, -0.15) is 10.5 Å². The zero-order chi connectivity index (χ0) is 21.5. The maximum Gasteiger partial charge on any atom is 0.252 e. The van der Waals surface area contributed by atoms with Crippen molar-refractivity contribution in [3.63, 3.8) is 0 Å². The molecule has 0 fully saturated rings. The molecule has 154 valence electrons. The summed E-state index contributed by atoms with van der Waals surface area (Å²) in [5.41, 5.74) is 2.40. The molecule has 0 saturated carbocycles. The number of benzene rings is 2. The molecule has 1 heterocycles. The van der Waals surface area contributed by atoms with E-state index in [4.69, 9.17) is 9.47 Å². The average Bonchev–Trinajstić information content (AvgIpc) is 3.07. The lowest BCUT2D eigenvalue weighted by Gasteiger charge is -2.16. The number of amides is 1. The van der Waals surface area contributed by atoms with Crippen LogP contribution >= 0.6 is 0 Å². The summed E-state index contributed by atoms with van der Waals surface area (Å²) in [6.45, 7) is 2.59. The molecular formula is C24H25N3O3. The van der Waals surface area contributed by atoms with Crippen molar-refractivity contribution in [2.75, 3.05) is 13.7 Å². The fourth-order valence-corrected chi connectivity index (χ4v) is 3.73. The predicted octanol–water partition coefficient (Wildman–Crippen LogP) is 4.42. The van der Waals surface area contributed by atoms with Crippen molar-refractivity contribution in [3.8, 4) is 23.6 Å². The van der Waals surface area contributed by atoms with Crippen molar-refractivity contribution in [1.82, 2.24) is 5.32 Å². The Balaban J connectivity index is 1.90. The number of hydrogen-bond donors (Lipinski definition) is 1. The van der Waals surface area contributed by atoms with Crippen LogP contribution in [0.5, 0.6) is 11.5 Å². The summed E-state index contributed by atoms with van der Waals surface area (Å²) in [6.07, 6.45) is 4.66. The molecule has 6 heteroatoms. The smallest absolute Gasteiger partial charge is 0.252 e. The SMILES string of the molecule is CCCCCCOc1cc2c(c(C#N)c1C#N)C(Cc1ccc(OC)cc1)NC2=O. The summed E-state index contributed by atoms with van der Waals surface area (Å²) in [5, 5.41) is 22.5. The molecule has 0 bridgehead atoms. The van der Waals surface area contributed by atoms with E-state index in [0.29, 0.717) is 29.9 Å². The number of unbranched alkanes of at least 4 members (excludes halogenated alkanes) is 3. The molecule has 1 aliphatic rings. The summed E-state index contributed by atoms with van der Waals surface area (Å²) in [4.78, 5) is 12.6. The normalized spacial score (nSPS) is 14.4. The van der Waals surface area contributed by atoms with E-state index in [-0.39, 0.29) is 23.1 Å². The van der Waals surface area contributed by atoms with Crippen LogP contribution in [-0.4, -0.2) is 19.6 Å². The number of hydrogen-bond acceptors (Lipinski definition) is 5. The Kier molecular flexibility index (Phi) is 6.93. The van der Waals surface area contributed by atoms with Gasteiger partial charge in [0.25, 0.3) is 5.91 Å². The third-order valence-electron chi connectivity index (χ3n) is 5.31. The molecule has 1 aliphatic heterocycles. The van der Waals surface area contributed by atoms with Gasteiger partial charge in [0.1, 0.15) is 29.2 Å². The van der Waals surface area contributed by atoms with Gasteiger partial charge in [-0.1, -0.05) is 38.3 Å². The van der Waals surface area contributed by atoms with E-state index in [0.717, 1.165) is 37.0 Å². The van der Waals surface area contributed by atoms with Crippen LogP contribution in [0.15, 0.2) is 30.3 Å². The molecule has 1 amide bonds. The number of methoxy groups -OCH3 is 1. The molecule has 0 aromatic heterocycles. The molecule has 3 rings (SSSR count). The van der Waals surface area contributed by atoms with E-state index in [1.807, 2.05) is 24.3 Å². The van der Waals surface area contributed by atoms with Gasteiger partial charge in [0.2, 0.25) is 0 Å². The van der Waals surface area contributed by atoms with Gasteiger partial charge >= 0.3 is 0 Å². The largest absolute Gasteiger partial charge is 0.497 e. The number of nitrogens with zero attached hydrogens (tertiary/aromatic N) is 2. The highest BCUT2D eigenvalue weighted by molar-refractivity contribution is 6.01. The molecule has 2 aromatic carbocycles. The van der Waals surface area contributed by atoms with Gasteiger partial charge in [0, 0.05) is 11.1 Å². The van der Waals surface area contributed by atoms with Crippen molar-refractivity contribution < 1.29 is 14.3 Å². The van der Waals surface area contributed by atoms with Crippen LogP contribution in [0, 0.1) is 22.7 Å². The Morgan fingerprint density at radius 2 is 1.80 bits per heavy atom. The number of rotatable bonds is 9. The Morgan fingerprint density at radius 1 is 1.07 bits per heavy atom. The lowest BCUT2D eigenvalue weighted by Crippen LogP contribution is -2.20. The van der Waals surface area contributed by atoms with Crippen molar-refractivity contribution in [3.05, 3.63) is 58.1 Å². The van der Waals surface area contributed by atoms with E-state index < -0.39 is 0 Å². The Bertz CT molecular complexity index is 1000. The zero-order valence-corrected chi connectivity index (χ0v) is 17.3. The Hall–Kier alpha value is -3.51. The summed E-state index contributed by atoms with van der Waals surface area (Å²) < 4.78 is 11.0. The zero-order valence-electron chi connectivity index (χ0n) is 17.3. The fraction of sp³-hybridized carbons (Fsp3) is 0.375. The maximum absolute atomic E-state index is 12.6. The first kappa shape index (κ1) is 21.2. The van der Waals surface area contributed by atoms with E-state index in [2.05, 4.69) is 24.4 Å². The molecular weight excluding hydrogens is 378 g/mol. The number of carbonyl (C=O) groups excluding carboxylic acids is 1. The molecule has 1 unspecified atom stereocenters. The second-order valence-corrected chi connectivity index (χ2v) is 7.30. The molecule has 1 N–H and O–H groups in total. The molecule has 30 heavy (non-hydrogen) atoms. The van der Waals surface area contributed by atoms with E-state index >= 15 is 0 Å². The van der Waals surface area contributed by atoms with Gasteiger partial charge in [-0.25, -0.2) is 0 Å². The highest BCUT2D eigenvalue weighted by Gasteiger charge is 2.34. The molecule has 0 saturated heterocycles. The highest BCUT2D eigenvalue weighted by atomic mass is 16.5. The van der Waals surface area contributed by atoms with Crippen molar-refractivity contribution in [1.29, 1.82) is 10.5 Å². The lowest BCUT2D eigenvalue weighted by molar-refractivity contribution is 0.0956. The fourth-order valence-electron chi connectivity index (χ4n) is 3.73. The predicted molar refractivity (Wildman–Crippen MR) is 112 cm³/mol. The molecule has 1 atom stereocenters. The van der Waals surface area contributed by atoms with Crippen molar-refractivity contribution >= 4 is 5.91 Å². The minimum atomic E-state index is -0.374. The van der Waals surface area contributed by atoms with Crippen LogP contribution < -0.4 is 14.8 Å². The first-order valence-electron chi connectivity index (χ1n) is 10.2. The van der Waals surface area contributed by atoms with Crippen LogP contribution in [0.25, 0.3) is 0 Å². The van der Waals surface area contributed by atoms with Gasteiger partial charge in [-0.3, -0.25) is 4.79 Å². The number of nitrogens with one attached hydrogen (secondary N) is 1. The van der Waals surface area contributed by atoms with Gasteiger partial charge < -0.3 is 14.8 Å². The van der Waals surface area contributed by atoms with Crippen molar-refractivity contribution in [2.24, 2.45) is 0 Å². The number of fused-ring (bicyclic) bond motifs is 1. The Morgan fingerprint density at radius 3 is 2.43 bits per heavy atom. The average molecular weight is 403 g/mol. The molecule has 0 radical (unpaired) electrons. The summed E-state index contributed by atoms with van der Waals surface area (Å²) in [6, 6.07) is 13.0. The summed E-state index contributed by atoms with van der Waals surface area (Å²) in [5.74, 6) is 0.810. The van der Waals surface area contributed by atoms with Crippen molar-refractivity contribution in [2.45, 2.75) is 45.1 Å². The minimum absolute atomic E-state index is 0.197. The number of nitriles is 2. The Labute approximate surface area is 177 Å². The highest BCUT2D eigenvalue weighted by Crippen LogP contribution is 2.37. The monoisotopic (exact) mass is 403 g/mol. The molecule has 2 aromatic rings. The topological polar surface area (TPSA) is 95.1 Å². The van der Waals surface area contributed by atoms with Gasteiger partial charge in [0.15, 0.2) is 0 Å². The second-order valence-electron chi connectivity index (χ2n) is 7.30. The van der Waals surface area contributed by atoms with Crippen LogP contribution in [0.3, 0.4) is 0 Å². The van der Waals surface area contributed by atoms with E-state index in [1.165, 1.54) is 0 Å². The first-order chi connectivity index (χ1) is 14.6. The van der Waals surface area contributed by atoms with Crippen LogP contribution in [0.2, 0.25) is 0 Å². The second kappa shape index (κ2) is 9.80. The molecule has 6 nitrogen and oxygen atoms in total. The quantitative estimate of drug-likeness (QED) is 0.625. The van der Waals surface area contributed by atoms with Crippen LogP contribution in [0.1, 0.15) is 71.3 Å². The lowest BCUT2D eigenvalue weighted by atomic mass is 9.91.